The van der Waals surface area contributed by atoms with Crippen molar-refractivity contribution in [2.45, 2.75) is 6.42 Å². The molecule has 0 fully saturated rings. The minimum absolute atomic E-state index is 0.195. The van der Waals surface area contributed by atoms with Crippen molar-refractivity contribution in [3.8, 4) is 0 Å². The molecule has 1 rings (SSSR count). The quantitative estimate of drug-likeness (QED) is 0.650. The summed E-state index contributed by atoms with van der Waals surface area (Å²) in [6.45, 7) is 3.60. The normalized spacial score (nSPS) is 9.55. The molecule has 1 aromatic carbocycles. The smallest absolute Gasteiger partial charge is 0.0622 e. The van der Waals surface area contributed by atoms with Gasteiger partial charge in [-0.15, -0.1) is 0 Å². The van der Waals surface area contributed by atoms with Gasteiger partial charge in [0.15, 0.2) is 0 Å². The molecule has 0 radical (unpaired) electrons. The maximum Gasteiger partial charge on any atom is 0.0622 e. The van der Waals surface area contributed by atoms with Crippen LogP contribution < -0.4 is 0 Å². The van der Waals surface area contributed by atoms with Crippen molar-refractivity contribution in [2.24, 2.45) is 4.99 Å². The summed E-state index contributed by atoms with van der Waals surface area (Å²) in [7, 11) is 0. The van der Waals surface area contributed by atoms with Crippen LogP contribution in [0.5, 0.6) is 0 Å². The highest BCUT2D eigenvalue weighted by molar-refractivity contribution is 5.45. The van der Waals surface area contributed by atoms with Crippen molar-refractivity contribution in [3.63, 3.8) is 0 Å². The second-order valence-electron chi connectivity index (χ2n) is 2.30. The molecule has 0 spiro atoms. The highest BCUT2D eigenvalue weighted by Gasteiger charge is 1.90. The fraction of sp³-hybridized carbons (Fsp3) is 0.222. The van der Waals surface area contributed by atoms with E-state index in [-0.39, 0.29) is 6.61 Å². The van der Waals surface area contributed by atoms with Crippen LogP contribution in [0.3, 0.4) is 0 Å². The fourth-order valence-corrected chi connectivity index (χ4v) is 0.897. The number of hydrogen-bond donors (Lipinski definition) is 1. The van der Waals surface area contributed by atoms with Gasteiger partial charge in [0.1, 0.15) is 0 Å². The first-order valence-electron chi connectivity index (χ1n) is 3.53. The predicted octanol–water partition coefficient (Wildman–Crippen LogP) is 1.55. The minimum Gasteiger partial charge on any atom is -0.396 e. The molecule has 0 saturated heterocycles. The summed E-state index contributed by atoms with van der Waals surface area (Å²) in [5.41, 5.74) is 1.99. The van der Waals surface area contributed by atoms with E-state index in [1.165, 1.54) is 0 Å². The Hall–Kier alpha value is -1.15. The Morgan fingerprint density at radius 2 is 1.91 bits per heavy atom. The molecule has 11 heavy (non-hydrogen) atoms. The largest absolute Gasteiger partial charge is 0.396 e. The van der Waals surface area contributed by atoms with Gasteiger partial charge in [-0.05, 0) is 30.8 Å². The van der Waals surface area contributed by atoms with Crippen molar-refractivity contribution in [2.75, 3.05) is 6.61 Å². The number of aliphatic hydroxyl groups excluding tert-OH is 1. The maximum atomic E-state index is 8.61. The average Bonchev–Trinajstić information content (AvgIpc) is 2.07. The van der Waals surface area contributed by atoms with Gasteiger partial charge in [0.2, 0.25) is 0 Å². The van der Waals surface area contributed by atoms with E-state index < -0.39 is 0 Å². The Morgan fingerprint density at radius 1 is 1.27 bits per heavy atom. The van der Waals surface area contributed by atoms with Gasteiger partial charge < -0.3 is 5.11 Å². The number of aliphatic hydroxyl groups is 1. The van der Waals surface area contributed by atoms with Crippen LogP contribution >= 0.6 is 0 Å². The van der Waals surface area contributed by atoms with Gasteiger partial charge >= 0.3 is 0 Å². The molecule has 0 aliphatic carbocycles. The number of benzene rings is 1. The molecule has 0 aliphatic heterocycles. The van der Waals surface area contributed by atoms with E-state index in [9.17, 15) is 0 Å². The molecule has 0 saturated carbocycles. The molecule has 0 atom stereocenters. The van der Waals surface area contributed by atoms with E-state index in [2.05, 4.69) is 11.7 Å². The monoisotopic (exact) mass is 149 g/mol. The maximum absolute atomic E-state index is 8.61. The molecule has 1 N–H and O–H groups in total. The van der Waals surface area contributed by atoms with Gasteiger partial charge in [0.05, 0.1) is 5.69 Å². The zero-order valence-corrected chi connectivity index (χ0v) is 6.33. The molecule has 0 amide bonds. The fourth-order valence-electron chi connectivity index (χ4n) is 0.897. The van der Waals surface area contributed by atoms with Crippen LogP contribution in [0.25, 0.3) is 0 Å². The number of nitrogens with zero attached hydrogens (tertiary/aromatic N) is 1. The van der Waals surface area contributed by atoms with Crippen molar-refractivity contribution in [1.29, 1.82) is 0 Å². The number of rotatable bonds is 3. The van der Waals surface area contributed by atoms with Gasteiger partial charge in [0, 0.05) is 6.61 Å². The third kappa shape index (κ3) is 2.16. The summed E-state index contributed by atoms with van der Waals surface area (Å²) in [6, 6.07) is 7.66. The van der Waals surface area contributed by atoms with Gasteiger partial charge in [-0.3, -0.25) is 4.99 Å². The highest BCUT2D eigenvalue weighted by atomic mass is 16.2. The molecule has 58 valence electrons. The van der Waals surface area contributed by atoms with Crippen molar-refractivity contribution < 1.29 is 5.11 Å². The summed E-state index contributed by atoms with van der Waals surface area (Å²) >= 11 is 0. The summed E-state index contributed by atoms with van der Waals surface area (Å²) in [4.78, 5) is 3.76. The Morgan fingerprint density at radius 3 is 2.36 bits per heavy atom. The van der Waals surface area contributed by atoms with E-state index in [1.54, 1.807) is 0 Å². The van der Waals surface area contributed by atoms with Crippen LogP contribution in [0.15, 0.2) is 29.3 Å². The van der Waals surface area contributed by atoms with E-state index >= 15 is 0 Å². The first-order chi connectivity index (χ1) is 5.36. The lowest BCUT2D eigenvalue weighted by Crippen LogP contribution is -1.88. The third-order valence-corrected chi connectivity index (χ3v) is 1.52. The van der Waals surface area contributed by atoms with Gasteiger partial charge in [-0.25, -0.2) is 0 Å². The van der Waals surface area contributed by atoms with E-state index in [4.69, 9.17) is 5.11 Å². The molecule has 0 heterocycles. The first-order valence-corrected chi connectivity index (χ1v) is 3.53. The van der Waals surface area contributed by atoms with Gasteiger partial charge in [-0.2, -0.15) is 0 Å². The van der Waals surface area contributed by atoms with Gasteiger partial charge in [0.25, 0.3) is 0 Å². The van der Waals surface area contributed by atoms with Crippen molar-refractivity contribution in [1.82, 2.24) is 0 Å². The molecule has 0 unspecified atom stereocenters. The van der Waals surface area contributed by atoms with E-state index in [0.29, 0.717) is 6.42 Å². The standard InChI is InChI=1S/C9H11NO/c1-10-9-4-2-8(3-5-9)6-7-11/h2-5,11H,1,6-7H2. The van der Waals surface area contributed by atoms with Crippen molar-refractivity contribution in [3.05, 3.63) is 29.8 Å². The van der Waals surface area contributed by atoms with Crippen LogP contribution in [0, 0.1) is 0 Å². The van der Waals surface area contributed by atoms with Crippen LogP contribution in [0.4, 0.5) is 5.69 Å². The summed E-state index contributed by atoms with van der Waals surface area (Å²) in [5.74, 6) is 0. The molecule has 0 aromatic heterocycles. The molecule has 2 nitrogen and oxygen atoms in total. The Kier molecular flexibility index (Phi) is 2.81. The van der Waals surface area contributed by atoms with E-state index in [0.717, 1.165) is 11.3 Å². The number of hydrogen-bond acceptors (Lipinski definition) is 2. The van der Waals surface area contributed by atoms with E-state index in [1.807, 2.05) is 24.3 Å². The molecular formula is C9H11NO. The average molecular weight is 149 g/mol. The first kappa shape index (κ1) is 7.95. The SMILES string of the molecule is C=Nc1ccc(CCO)cc1. The second kappa shape index (κ2) is 3.88. The van der Waals surface area contributed by atoms with Crippen LogP contribution in [0.1, 0.15) is 5.56 Å². The number of aliphatic imine (C=N–C) groups is 1. The van der Waals surface area contributed by atoms with Crippen LogP contribution in [-0.2, 0) is 6.42 Å². The topological polar surface area (TPSA) is 32.6 Å². The highest BCUT2D eigenvalue weighted by Crippen LogP contribution is 2.11. The lowest BCUT2D eigenvalue weighted by molar-refractivity contribution is 0.299. The molecular weight excluding hydrogens is 138 g/mol. The summed E-state index contributed by atoms with van der Waals surface area (Å²) in [5, 5.41) is 8.61. The summed E-state index contributed by atoms with van der Waals surface area (Å²) in [6.07, 6.45) is 0.706. The van der Waals surface area contributed by atoms with Crippen LogP contribution in [0.2, 0.25) is 0 Å². The Bertz CT molecular complexity index is 228. The summed E-state index contributed by atoms with van der Waals surface area (Å²) < 4.78 is 0. The molecule has 0 bridgehead atoms. The zero-order chi connectivity index (χ0) is 8.10. The minimum atomic E-state index is 0.195. The molecule has 2 heteroatoms. The molecule has 1 aromatic rings. The van der Waals surface area contributed by atoms with Crippen molar-refractivity contribution >= 4 is 12.4 Å². The van der Waals surface area contributed by atoms with Crippen LogP contribution in [-0.4, -0.2) is 18.4 Å². The zero-order valence-electron chi connectivity index (χ0n) is 6.33. The Balaban J connectivity index is 2.74. The lowest BCUT2D eigenvalue weighted by atomic mass is 10.1. The van der Waals surface area contributed by atoms with Gasteiger partial charge in [-0.1, -0.05) is 12.1 Å². The predicted molar refractivity (Wildman–Crippen MR) is 46.4 cm³/mol. The second-order valence-corrected chi connectivity index (χ2v) is 2.30. The Labute approximate surface area is 66.2 Å². The third-order valence-electron chi connectivity index (χ3n) is 1.52. The lowest BCUT2D eigenvalue weighted by Gasteiger charge is -1.97. The molecule has 0 aliphatic rings.